The lowest BCUT2D eigenvalue weighted by atomic mass is 9.60. The number of rotatable bonds is 7. The lowest BCUT2D eigenvalue weighted by Gasteiger charge is -2.46. The van der Waals surface area contributed by atoms with Gasteiger partial charge < -0.3 is 26.0 Å². The second kappa shape index (κ2) is 11.3. The van der Waals surface area contributed by atoms with Gasteiger partial charge in [0.2, 0.25) is 0 Å². The molecule has 11 heteroatoms. The van der Waals surface area contributed by atoms with Gasteiger partial charge >= 0.3 is 0 Å². The molecule has 0 radical (unpaired) electrons. The van der Waals surface area contributed by atoms with Crippen molar-refractivity contribution in [1.82, 2.24) is 9.80 Å². The van der Waals surface area contributed by atoms with Gasteiger partial charge in [-0.3, -0.25) is 24.2 Å². The maximum Gasteiger partial charge on any atom is 0.255 e. The maximum atomic E-state index is 14.3. The van der Waals surface area contributed by atoms with Gasteiger partial charge in [-0.2, -0.15) is 0 Å². The molecule has 10 nitrogen and oxygen atoms in total. The van der Waals surface area contributed by atoms with Gasteiger partial charge in [-0.05, 0) is 77.1 Å². The van der Waals surface area contributed by atoms with Crippen molar-refractivity contribution in [2.45, 2.75) is 58.3 Å². The zero-order valence-corrected chi connectivity index (χ0v) is 24.7. The molecule has 5 N–H and O–H groups in total. The highest BCUT2D eigenvalue weighted by molar-refractivity contribution is 6.22. The number of carbonyl (C=O) groups excluding carboxylic acids is 3. The zero-order valence-electron chi connectivity index (χ0n) is 24.7. The van der Waals surface area contributed by atoms with Gasteiger partial charge in [-0.25, -0.2) is 4.39 Å². The number of halogens is 1. The van der Waals surface area contributed by atoms with Gasteiger partial charge in [0.05, 0.1) is 17.5 Å². The average Bonchev–Trinajstić information content (AvgIpc) is 2.92. The van der Waals surface area contributed by atoms with Gasteiger partial charge in [0.15, 0.2) is 11.6 Å². The number of aliphatic hydroxyl groups is 2. The fourth-order valence-electron chi connectivity index (χ4n) is 7.64. The van der Waals surface area contributed by atoms with Crippen LogP contribution in [-0.2, 0) is 22.6 Å². The Hall–Kier alpha value is -3.44. The van der Waals surface area contributed by atoms with E-state index in [4.69, 9.17) is 5.73 Å². The number of aliphatic hydroxyl groups excluding tert-OH is 2. The molecule has 1 amide bonds. The summed E-state index contributed by atoms with van der Waals surface area (Å²) in [6, 6.07) is 1.17. The molecule has 3 unspecified atom stereocenters. The van der Waals surface area contributed by atoms with Gasteiger partial charge in [0.1, 0.15) is 29.0 Å². The fraction of sp³-hybridized carbons (Fsp3) is 0.581. The first kappa shape index (κ1) is 30.0. The lowest BCUT2D eigenvalue weighted by molar-refractivity contribution is -0.127. The van der Waals surface area contributed by atoms with Crippen LogP contribution in [0, 0.1) is 17.8 Å². The summed E-state index contributed by atoms with van der Waals surface area (Å²) in [6.07, 6.45) is 0.640. The van der Waals surface area contributed by atoms with E-state index in [1.807, 2.05) is 19.9 Å². The van der Waals surface area contributed by atoms with E-state index in [1.165, 1.54) is 0 Å². The highest BCUT2D eigenvalue weighted by Crippen LogP contribution is 2.52. The second-order valence-corrected chi connectivity index (χ2v) is 12.2. The largest absolute Gasteiger partial charge is 0.511 e. The Bertz CT molecular complexity index is 1380. The van der Waals surface area contributed by atoms with Crippen molar-refractivity contribution in [2.75, 3.05) is 45.2 Å². The van der Waals surface area contributed by atoms with Crippen LogP contribution < -0.4 is 10.6 Å². The van der Waals surface area contributed by atoms with Crippen LogP contribution in [0.1, 0.15) is 54.6 Å². The number of likely N-dealkylation sites (tertiary alicyclic amines) is 1. The number of carbonyl (C=O) groups is 3. The number of allylic oxidation sites excluding steroid dienone is 2. The van der Waals surface area contributed by atoms with Crippen LogP contribution in [0.5, 0.6) is 5.75 Å². The van der Waals surface area contributed by atoms with Gasteiger partial charge in [-0.15, -0.1) is 0 Å². The Labute approximate surface area is 245 Å². The van der Waals surface area contributed by atoms with Crippen LogP contribution in [0.15, 0.2) is 28.7 Å². The number of fused-ring (bicyclic) bond motifs is 3. The number of phenols is 1. The summed E-state index contributed by atoms with van der Waals surface area (Å²) in [6.45, 7) is 6.81. The summed E-state index contributed by atoms with van der Waals surface area (Å²) in [5.74, 6) is -5.72. The van der Waals surface area contributed by atoms with E-state index in [1.54, 1.807) is 19.0 Å². The minimum absolute atomic E-state index is 0.0657. The van der Waals surface area contributed by atoms with E-state index in [2.05, 4.69) is 9.80 Å². The van der Waals surface area contributed by atoms with Crippen molar-refractivity contribution in [3.63, 3.8) is 0 Å². The van der Waals surface area contributed by atoms with Crippen molar-refractivity contribution in [2.24, 2.45) is 23.5 Å². The standard InChI is InChI=1S/C31H41FN4O6/c1-5-36(6-2)20-13-16(14-35-9-7-17(32)8-10-35)26(37)22-18(20)11-15-12-19-23(28(39)21(15)27(22)38)29(40)24(31(33)42)30(41)25(19)34(3)4/h13,15,17,19,23,25,37,39,41H,5-12,14H2,1-4H3,(H2,33,42)/t15?,19?,23?,25-/m0/s1. The molecule has 1 saturated heterocycles. The number of nitrogens with two attached hydrogens (primary N) is 1. The predicted octanol–water partition coefficient (Wildman–Crippen LogP) is 2.79. The molecular formula is C31H41FN4O6. The first-order valence-electron chi connectivity index (χ1n) is 14.8. The average molecular weight is 585 g/mol. The molecule has 4 atom stereocenters. The minimum Gasteiger partial charge on any atom is -0.511 e. The fourth-order valence-corrected chi connectivity index (χ4v) is 7.64. The predicted molar refractivity (Wildman–Crippen MR) is 155 cm³/mol. The Morgan fingerprint density at radius 2 is 1.74 bits per heavy atom. The Balaban J connectivity index is 1.64. The molecule has 0 spiro atoms. The summed E-state index contributed by atoms with van der Waals surface area (Å²) in [7, 11) is 3.41. The number of ketones is 2. The second-order valence-electron chi connectivity index (χ2n) is 12.2. The van der Waals surface area contributed by atoms with Crippen LogP contribution >= 0.6 is 0 Å². The summed E-state index contributed by atoms with van der Waals surface area (Å²) in [5.41, 5.74) is 7.17. The number of aromatic hydroxyl groups is 1. The molecule has 5 rings (SSSR count). The maximum absolute atomic E-state index is 14.3. The molecule has 0 saturated carbocycles. The number of nitrogens with zero attached hydrogens (tertiary/aromatic N) is 3. The van der Waals surface area contributed by atoms with E-state index < -0.39 is 64.5 Å². The van der Waals surface area contributed by atoms with E-state index in [-0.39, 0.29) is 16.9 Å². The van der Waals surface area contributed by atoms with E-state index in [0.717, 1.165) is 5.69 Å². The number of benzene rings is 1. The van der Waals surface area contributed by atoms with Crippen molar-refractivity contribution in [3.05, 3.63) is 45.4 Å². The number of amides is 1. The lowest BCUT2D eigenvalue weighted by Crippen LogP contribution is -2.53. The molecule has 42 heavy (non-hydrogen) atoms. The third-order valence-electron chi connectivity index (χ3n) is 9.64. The SMILES string of the molecule is CCN(CC)c1cc(CN2CCC(F)CC2)c(O)c2c1CC1CC3C(C(=O)C(C(N)=O)=C(O)[C@H]3N(C)C)C(O)=C1C2=O. The zero-order chi connectivity index (χ0) is 30.6. The van der Waals surface area contributed by atoms with Gasteiger partial charge in [0.25, 0.3) is 5.91 Å². The van der Waals surface area contributed by atoms with E-state index >= 15 is 0 Å². The minimum atomic E-state index is -1.22. The smallest absolute Gasteiger partial charge is 0.255 e. The van der Waals surface area contributed by atoms with Crippen LogP contribution in [0.3, 0.4) is 0 Å². The molecule has 0 aromatic heterocycles. The summed E-state index contributed by atoms with van der Waals surface area (Å²) >= 11 is 0. The number of hydrogen-bond acceptors (Lipinski definition) is 9. The third kappa shape index (κ3) is 4.76. The molecule has 1 aromatic carbocycles. The van der Waals surface area contributed by atoms with Crippen molar-refractivity contribution < 1.29 is 34.1 Å². The highest BCUT2D eigenvalue weighted by Gasteiger charge is 2.54. The Kier molecular flexibility index (Phi) is 8.10. The monoisotopic (exact) mass is 584 g/mol. The molecule has 1 heterocycles. The number of likely N-dealkylation sites (N-methyl/N-ethyl adjacent to an activating group) is 1. The summed E-state index contributed by atoms with van der Waals surface area (Å²) in [5, 5.41) is 34.1. The van der Waals surface area contributed by atoms with Crippen molar-refractivity contribution in [1.29, 1.82) is 0 Å². The van der Waals surface area contributed by atoms with Crippen LogP contribution in [0.2, 0.25) is 0 Å². The van der Waals surface area contributed by atoms with Crippen LogP contribution in [-0.4, -0.2) is 95.1 Å². The number of Topliss-reactive ketones (excluding diaryl/α,β-unsaturated/α-hetero) is 2. The summed E-state index contributed by atoms with van der Waals surface area (Å²) < 4.78 is 13.8. The van der Waals surface area contributed by atoms with Crippen molar-refractivity contribution >= 4 is 23.2 Å². The first-order chi connectivity index (χ1) is 19.9. The Morgan fingerprint density at radius 3 is 2.31 bits per heavy atom. The number of phenolic OH excluding ortho intramolecular Hbond substituents is 1. The number of primary amides is 1. The molecule has 3 aliphatic carbocycles. The normalized spacial score (nSPS) is 26.8. The van der Waals surface area contributed by atoms with E-state index in [0.29, 0.717) is 69.5 Å². The quantitative estimate of drug-likeness (QED) is 0.355. The third-order valence-corrected chi connectivity index (χ3v) is 9.64. The molecule has 4 aliphatic rings. The molecular weight excluding hydrogens is 543 g/mol. The van der Waals surface area contributed by atoms with Crippen LogP contribution in [0.4, 0.5) is 10.1 Å². The summed E-state index contributed by atoms with van der Waals surface area (Å²) in [4.78, 5) is 45.8. The van der Waals surface area contributed by atoms with E-state index in [9.17, 15) is 34.1 Å². The molecule has 1 aromatic rings. The number of alkyl halides is 1. The number of hydrogen-bond donors (Lipinski definition) is 4. The molecule has 0 bridgehead atoms. The highest BCUT2D eigenvalue weighted by atomic mass is 19.1. The molecule has 1 fully saturated rings. The topological polar surface area (TPSA) is 148 Å². The number of anilines is 1. The molecule has 1 aliphatic heterocycles. The van der Waals surface area contributed by atoms with Crippen molar-refractivity contribution in [3.8, 4) is 5.75 Å². The van der Waals surface area contributed by atoms with Gasteiger partial charge in [0, 0.05) is 49.5 Å². The van der Waals surface area contributed by atoms with Gasteiger partial charge in [-0.1, -0.05) is 0 Å². The Morgan fingerprint density at radius 1 is 1.10 bits per heavy atom. The number of piperidine rings is 1. The van der Waals surface area contributed by atoms with Crippen LogP contribution in [0.25, 0.3) is 0 Å². The molecule has 228 valence electrons. The first-order valence-corrected chi connectivity index (χ1v) is 14.8.